The van der Waals surface area contributed by atoms with Crippen LogP contribution in [-0.2, 0) is 30.7 Å². The van der Waals surface area contributed by atoms with Crippen molar-refractivity contribution in [3.8, 4) is 11.5 Å². The summed E-state index contributed by atoms with van der Waals surface area (Å²) in [6, 6.07) is 14.8. The van der Waals surface area contributed by atoms with Gasteiger partial charge in [0, 0.05) is 26.1 Å². The van der Waals surface area contributed by atoms with Crippen LogP contribution in [0.15, 0.2) is 59.2 Å². The minimum atomic E-state index is -0.585. The van der Waals surface area contributed by atoms with E-state index in [2.05, 4.69) is 0 Å². The van der Waals surface area contributed by atoms with Gasteiger partial charge in [0.1, 0.15) is 6.04 Å². The normalized spacial score (nSPS) is 16.9. The summed E-state index contributed by atoms with van der Waals surface area (Å²) in [6.07, 6.45) is 2.69. The van der Waals surface area contributed by atoms with E-state index in [1.165, 1.54) is 11.8 Å². The van der Waals surface area contributed by atoms with Gasteiger partial charge in [0.2, 0.25) is 5.91 Å². The van der Waals surface area contributed by atoms with Crippen molar-refractivity contribution in [2.45, 2.75) is 45.8 Å². The molecule has 1 aromatic heterocycles. The third-order valence-corrected chi connectivity index (χ3v) is 6.72. The van der Waals surface area contributed by atoms with E-state index in [0.29, 0.717) is 45.0 Å². The molecule has 2 aromatic carbocycles. The first-order valence-electron chi connectivity index (χ1n) is 12.2. The first kappa shape index (κ1) is 23.0. The van der Waals surface area contributed by atoms with Crippen molar-refractivity contribution in [1.29, 1.82) is 0 Å². The Morgan fingerprint density at radius 3 is 2.31 bits per heavy atom. The van der Waals surface area contributed by atoms with Crippen LogP contribution in [0.2, 0.25) is 0 Å². The van der Waals surface area contributed by atoms with Crippen molar-refractivity contribution in [3.05, 3.63) is 82.8 Å². The van der Waals surface area contributed by atoms with Crippen molar-refractivity contribution in [2.75, 3.05) is 19.8 Å². The van der Waals surface area contributed by atoms with Gasteiger partial charge in [0.15, 0.2) is 17.3 Å². The lowest BCUT2D eigenvalue weighted by Crippen LogP contribution is -2.54. The largest absolute Gasteiger partial charge is 0.490 e. The van der Waals surface area contributed by atoms with Gasteiger partial charge in [-0.25, -0.2) is 0 Å². The summed E-state index contributed by atoms with van der Waals surface area (Å²) in [7, 11) is 0. The van der Waals surface area contributed by atoms with Gasteiger partial charge in [-0.05, 0) is 66.8 Å². The van der Waals surface area contributed by atoms with Crippen molar-refractivity contribution in [1.82, 2.24) is 9.80 Å². The SMILES string of the molecule is CCOc1cc2c(cc1OCC)CN(C(=O)C1Cc3ccccc3CN1C(=O)c1ccco1)CC2. The molecule has 182 valence electrons. The van der Waals surface area contributed by atoms with Gasteiger partial charge in [0.05, 0.1) is 19.5 Å². The number of rotatable bonds is 6. The fraction of sp³-hybridized carbons (Fsp3) is 0.357. The molecule has 0 spiro atoms. The second-order valence-corrected chi connectivity index (χ2v) is 8.84. The Morgan fingerprint density at radius 1 is 0.914 bits per heavy atom. The highest BCUT2D eigenvalue weighted by Gasteiger charge is 2.38. The molecule has 0 N–H and O–H groups in total. The molecule has 3 heterocycles. The topological polar surface area (TPSA) is 72.2 Å². The third-order valence-electron chi connectivity index (χ3n) is 6.72. The number of fused-ring (bicyclic) bond motifs is 2. The van der Waals surface area contributed by atoms with Crippen LogP contribution in [0, 0.1) is 0 Å². The molecule has 3 aromatic rings. The molecule has 2 aliphatic rings. The smallest absolute Gasteiger partial charge is 0.290 e. The molecule has 2 aliphatic heterocycles. The van der Waals surface area contributed by atoms with Crippen LogP contribution in [0.4, 0.5) is 0 Å². The van der Waals surface area contributed by atoms with E-state index in [-0.39, 0.29) is 17.6 Å². The van der Waals surface area contributed by atoms with Gasteiger partial charge in [-0.3, -0.25) is 9.59 Å². The lowest BCUT2D eigenvalue weighted by atomic mass is 9.91. The molecule has 5 rings (SSSR count). The standard InChI is InChI=1S/C28H30N2O5/c1-3-33-25-15-20-11-12-29(17-22(20)16-26(25)34-4-2)27(31)23-14-19-8-5-6-9-21(19)18-30(23)28(32)24-10-7-13-35-24/h5-10,13,15-16,23H,3-4,11-12,14,17-18H2,1-2H3. The summed E-state index contributed by atoms with van der Waals surface area (Å²) in [6.45, 7) is 6.43. The highest BCUT2D eigenvalue weighted by molar-refractivity contribution is 5.96. The number of carbonyl (C=O) groups excluding carboxylic acids is 2. The van der Waals surface area contributed by atoms with E-state index < -0.39 is 6.04 Å². The predicted molar refractivity (Wildman–Crippen MR) is 130 cm³/mol. The zero-order valence-corrected chi connectivity index (χ0v) is 20.2. The molecule has 0 radical (unpaired) electrons. The molecular weight excluding hydrogens is 444 g/mol. The van der Waals surface area contributed by atoms with Crippen LogP contribution >= 0.6 is 0 Å². The molecule has 7 nitrogen and oxygen atoms in total. The molecule has 0 saturated heterocycles. The maximum atomic E-state index is 13.9. The number of hydrogen-bond donors (Lipinski definition) is 0. The third kappa shape index (κ3) is 4.50. The molecule has 1 atom stereocenters. The number of ether oxygens (including phenoxy) is 2. The minimum absolute atomic E-state index is 0.0445. The number of benzene rings is 2. The first-order chi connectivity index (χ1) is 17.1. The first-order valence-corrected chi connectivity index (χ1v) is 12.2. The van der Waals surface area contributed by atoms with Crippen LogP contribution in [0.1, 0.15) is 46.7 Å². The van der Waals surface area contributed by atoms with Crippen LogP contribution < -0.4 is 9.47 Å². The number of amides is 2. The van der Waals surface area contributed by atoms with E-state index >= 15 is 0 Å². The Hall–Kier alpha value is -3.74. The fourth-order valence-corrected chi connectivity index (χ4v) is 5.00. The van der Waals surface area contributed by atoms with E-state index in [4.69, 9.17) is 13.9 Å². The monoisotopic (exact) mass is 474 g/mol. The molecule has 2 amide bonds. The zero-order chi connectivity index (χ0) is 24.4. The summed E-state index contributed by atoms with van der Waals surface area (Å²) in [5.41, 5.74) is 4.38. The van der Waals surface area contributed by atoms with E-state index in [1.807, 2.05) is 55.1 Å². The second kappa shape index (κ2) is 9.86. The van der Waals surface area contributed by atoms with Crippen molar-refractivity contribution < 1.29 is 23.5 Å². The van der Waals surface area contributed by atoms with Crippen molar-refractivity contribution >= 4 is 11.8 Å². The van der Waals surface area contributed by atoms with E-state index in [9.17, 15) is 9.59 Å². The van der Waals surface area contributed by atoms with Crippen LogP contribution in [-0.4, -0.2) is 47.4 Å². The number of hydrogen-bond acceptors (Lipinski definition) is 5. The lowest BCUT2D eigenvalue weighted by molar-refractivity contribution is -0.137. The molecule has 0 fully saturated rings. The zero-order valence-electron chi connectivity index (χ0n) is 20.2. The highest BCUT2D eigenvalue weighted by atomic mass is 16.5. The average molecular weight is 475 g/mol. The molecule has 1 unspecified atom stereocenters. The van der Waals surface area contributed by atoms with Crippen LogP contribution in [0.5, 0.6) is 11.5 Å². The quantitative estimate of drug-likeness (QED) is 0.535. The molecule has 0 saturated carbocycles. The second-order valence-electron chi connectivity index (χ2n) is 8.84. The average Bonchev–Trinajstić information content (AvgIpc) is 3.42. The Bertz CT molecular complexity index is 1220. The Morgan fingerprint density at radius 2 is 1.63 bits per heavy atom. The number of nitrogens with zero attached hydrogens (tertiary/aromatic N) is 2. The summed E-state index contributed by atoms with van der Waals surface area (Å²) in [5, 5.41) is 0. The molecular formula is C28H30N2O5. The summed E-state index contributed by atoms with van der Waals surface area (Å²) in [4.78, 5) is 30.7. The lowest BCUT2D eigenvalue weighted by Gasteiger charge is -2.39. The maximum Gasteiger partial charge on any atom is 0.290 e. The van der Waals surface area contributed by atoms with Gasteiger partial charge in [-0.2, -0.15) is 0 Å². The van der Waals surface area contributed by atoms with Crippen molar-refractivity contribution in [3.63, 3.8) is 0 Å². The van der Waals surface area contributed by atoms with Gasteiger partial charge in [-0.1, -0.05) is 24.3 Å². The molecule has 35 heavy (non-hydrogen) atoms. The van der Waals surface area contributed by atoms with Gasteiger partial charge in [0.25, 0.3) is 5.91 Å². The maximum absolute atomic E-state index is 13.9. The minimum Gasteiger partial charge on any atom is -0.490 e. The van der Waals surface area contributed by atoms with E-state index in [1.54, 1.807) is 17.0 Å². The molecule has 7 heteroatoms. The molecule has 0 aliphatic carbocycles. The summed E-state index contributed by atoms with van der Waals surface area (Å²) in [5.74, 6) is 1.38. The Labute approximate surface area is 205 Å². The summed E-state index contributed by atoms with van der Waals surface area (Å²) >= 11 is 0. The fourth-order valence-electron chi connectivity index (χ4n) is 5.00. The Balaban J connectivity index is 1.42. The number of carbonyl (C=O) groups is 2. The molecule has 0 bridgehead atoms. The predicted octanol–water partition coefficient (Wildman–Crippen LogP) is 4.23. The van der Waals surface area contributed by atoms with Crippen LogP contribution in [0.3, 0.4) is 0 Å². The summed E-state index contributed by atoms with van der Waals surface area (Å²) < 4.78 is 17.0. The van der Waals surface area contributed by atoms with E-state index in [0.717, 1.165) is 28.9 Å². The Kier molecular flexibility index (Phi) is 6.49. The van der Waals surface area contributed by atoms with Gasteiger partial charge in [-0.15, -0.1) is 0 Å². The van der Waals surface area contributed by atoms with Crippen LogP contribution in [0.25, 0.3) is 0 Å². The van der Waals surface area contributed by atoms with Gasteiger partial charge < -0.3 is 23.7 Å². The number of furan rings is 1. The van der Waals surface area contributed by atoms with Crippen molar-refractivity contribution in [2.24, 2.45) is 0 Å². The highest BCUT2D eigenvalue weighted by Crippen LogP contribution is 2.35. The van der Waals surface area contributed by atoms with Gasteiger partial charge >= 0.3 is 0 Å².